The van der Waals surface area contributed by atoms with Gasteiger partial charge >= 0.3 is 5.63 Å². The second kappa shape index (κ2) is 4.74. The molecule has 5 heteroatoms. The molecule has 3 rings (SSSR count). The molecule has 0 saturated carbocycles. The maximum Gasteiger partial charge on any atom is 0.339 e. The van der Waals surface area contributed by atoms with Gasteiger partial charge in [-0.25, -0.2) is 4.79 Å². The topological polar surface area (TPSA) is 68.9 Å². The lowest BCUT2D eigenvalue weighted by atomic mass is 9.90. The summed E-state index contributed by atoms with van der Waals surface area (Å²) in [5.74, 6) is 0.422. The standard InChI is InChI=1S/C15H16O5/c1-18-13-11(16)7-10-8-5-3-4-6-9(8)15(17)20-12(10)14(13)19-2/h7,16H,3-6H2,1-2H3. The van der Waals surface area contributed by atoms with Crippen molar-refractivity contribution in [3.8, 4) is 17.2 Å². The predicted molar refractivity (Wildman–Crippen MR) is 73.9 cm³/mol. The minimum Gasteiger partial charge on any atom is -0.504 e. The third-order valence-corrected chi connectivity index (χ3v) is 3.81. The van der Waals surface area contributed by atoms with E-state index in [-0.39, 0.29) is 22.9 Å². The summed E-state index contributed by atoms with van der Waals surface area (Å²) in [7, 11) is 2.89. The zero-order valence-electron chi connectivity index (χ0n) is 11.5. The lowest BCUT2D eigenvalue weighted by molar-refractivity contribution is 0.331. The summed E-state index contributed by atoms with van der Waals surface area (Å²) >= 11 is 0. The van der Waals surface area contributed by atoms with Crippen LogP contribution in [0.2, 0.25) is 0 Å². The van der Waals surface area contributed by atoms with Gasteiger partial charge in [0.05, 0.1) is 14.2 Å². The van der Waals surface area contributed by atoms with E-state index in [1.54, 1.807) is 6.07 Å². The molecule has 5 nitrogen and oxygen atoms in total. The number of rotatable bonds is 2. The molecule has 0 aliphatic heterocycles. The monoisotopic (exact) mass is 276 g/mol. The first-order chi connectivity index (χ1) is 9.67. The van der Waals surface area contributed by atoms with Crippen LogP contribution >= 0.6 is 0 Å². The Hall–Kier alpha value is -2.17. The van der Waals surface area contributed by atoms with E-state index in [9.17, 15) is 9.90 Å². The first kappa shape index (κ1) is 12.8. The van der Waals surface area contributed by atoms with Crippen LogP contribution in [0.5, 0.6) is 17.2 Å². The van der Waals surface area contributed by atoms with Crippen LogP contribution < -0.4 is 15.1 Å². The second-order valence-electron chi connectivity index (χ2n) is 4.89. The van der Waals surface area contributed by atoms with E-state index in [0.29, 0.717) is 5.58 Å². The fourth-order valence-corrected chi connectivity index (χ4v) is 2.90. The van der Waals surface area contributed by atoms with Crippen LogP contribution in [0.4, 0.5) is 0 Å². The van der Waals surface area contributed by atoms with Gasteiger partial charge in [-0.1, -0.05) is 0 Å². The Bertz CT molecular complexity index is 729. The van der Waals surface area contributed by atoms with E-state index in [2.05, 4.69) is 0 Å². The van der Waals surface area contributed by atoms with Gasteiger partial charge in [-0.2, -0.15) is 0 Å². The van der Waals surface area contributed by atoms with Gasteiger partial charge < -0.3 is 19.0 Å². The van der Waals surface area contributed by atoms with Gasteiger partial charge in [0.2, 0.25) is 11.5 Å². The Kier molecular flexibility index (Phi) is 3.04. The SMILES string of the molecule is COc1c(O)cc2c3c(c(=O)oc2c1OC)CCCC3. The summed E-state index contributed by atoms with van der Waals surface area (Å²) in [5.41, 5.74) is 1.69. The Balaban J connectivity index is 2.45. The van der Waals surface area contributed by atoms with E-state index in [1.807, 2.05) is 0 Å². The van der Waals surface area contributed by atoms with Crippen molar-refractivity contribution < 1.29 is 19.0 Å². The molecule has 0 atom stereocenters. The van der Waals surface area contributed by atoms with Gasteiger partial charge in [0, 0.05) is 10.9 Å². The van der Waals surface area contributed by atoms with Crippen LogP contribution in [-0.2, 0) is 12.8 Å². The van der Waals surface area contributed by atoms with Crippen LogP contribution in [-0.4, -0.2) is 19.3 Å². The van der Waals surface area contributed by atoms with Gasteiger partial charge in [-0.15, -0.1) is 0 Å². The maximum atomic E-state index is 12.1. The van der Waals surface area contributed by atoms with Crippen molar-refractivity contribution in [2.24, 2.45) is 0 Å². The number of benzene rings is 1. The number of methoxy groups -OCH3 is 2. The lowest BCUT2D eigenvalue weighted by Gasteiger charge is -2.18. The zero-order valence-corrected chi connectivity index (χ0v) is 11.5. The molecule has 0 bridgehead atoms. The van der Waals surface area contributed by atoms with E-state index >= 15 is 0 Å². The van der Waals surface area contributed by atoms with Crippen molar-refractivity contribution in [1.29, 1.82) is 0 Å². The number of hydrogen-bond donors (Lipinski definition) is 1. The summed E-state index contributed by atoms with van der Waals surface area (Å²) in [4.78, 5) is 12.1. The van der Waals surface area contributed by atoms with Crippen molar-refractivity contribution in [3.05, 3.63) is 27.6 Å². The smallest absolute Gasteiger partial charge is 0.339 e. The van der Waals surface area contributed by atoms with Crippen molar-refractivity contribution in [2.45, 2.75) is 25.7 Å². The van der Waals surface area contributed by atoms with Gasteiger partial charge in [-0.05, 0) is 37.3 Å². The van der Waals surface area contributed by atoms with E-state index in [4.69, 9.17) is 13.9 Å². The van der Waals surface area contributed by atoms with Crippen LogP contribution in [0.25, 0.3) is 11.0 Å². The quantitative estimate of drug-likeness (QED) is 0.853. The average Bonchev–Trinajstić information content (AvgIpc) is 2.47. The molecule has 2 aromatic rings. The number of hydrogen-bond acceptors (Lipinski definition) is 5. The molecule has 1 aliphatic carbocycles. The molecule has 1 heterocycles. The molecule has 1 aliphatic rings. The van der Waals surface area contributed by atoms with Crippen LogP contribution in [0.3, 0.4) is 0 Å². The first-order valence-corrected chi connectivity index (χ1v) is 6.60. The van der Waals surface area contributed by atoms with Gasteiger partial charge in [0.25, 0.3) is 0 Å². The maximum absolute atomic E-state index is 12.1. The second-order valence-corrected chi connectivity index (χ2v) is 4.89. The number of phenols is 1. The molecule has 0 amide bonds. The molecule has 0 radical (unpaired) electrons. The Morgan fingerprint density at radius 2 is 1.75 bits per heavy atom. The molecule has 1 aromatic carbocycles. The molecular formula is C15H16O5. The van der Waals surface area contributed by atoms with Gasteiger partial charge in [0.15, 0.2) is 11.3 Å². The van der Waals surface area contributed by atoms with Crippen molar-refractivity contribution in [1.82, 2.24) is 0 Å². The Labute approximate surface area is 115 Å². The minimum absolute atomic E-state index is 0.0153. The molecule has 0 fully saturated rings. The summed E-state index contributed by atoms with van der Waals surface area (Å²) in [6.45, 7) is 0. The zero-order chi connectivity index (χ0) is 14.3. The third-order valence-electron chi connectivity index (χ3n) is 3.81. The number of aryl methyl sites for hydroxylation is 1. The van der Waals surface area contributed by atoms with E-state index < -0.39 is 0 Å². The molecule has 0 spiro atoms. The number of fused-ring (bicyclic) bond motifs is 3. The lowest BCUT2D eigenvalue weighted by Crippen LogP contribution is -2.16. The highest BCUT2D eigenvalue weighted by molar-refractivity contribution is 5.91. The fourth-order valence-electron chi connectivity index (χ4n) is 2.90. The predicted octanol–water partition coefficient (Wildman–Crippen LogP) is 2.39. The number of phenolic OH excluding ortho intramolecular Hbond substituents is 1. The minimum atomic E-state index is -0.321. The Morgan fingerprint density at radius 3 is 2.40 bits per heavy atom. The average molecular weight is 276 g/mol. The van der Waals surface area contributed by atoms with Crippen molar-refractivity contribution in [3.63, 3.8) is 0 Å². The van der Waals surface area contributed by atoms with E-state index in [1.165, 1.54) is 14.2 Å². The summed E-state index contributed by atoms with van der Waals surface area (Å²) in [6.07, 6.45) is 3.55. The molecule has 20 heavy (non-hydrogen) atoms. The first-order valence-electron chi connectivity index (χ1n) is 6.60. The summed E-state index contributed by atoms with van der Waals surface area (Å²) in [6, 6.07) is 1.59. The third kappa shape index (κ3) is 1.73. The molecule has 1 aromatic heterocycles. The molecule has 1 N–H and O–H groups in total. The largest absolute Gasteiger partial charge is 0.504 e. The van der Waals surface area contributed by atoms with Crippen LogP contribution in [0.1, 0.15) is 24.0 Å². The fraction of sp³-hybridized carbons (Fsp3) is 0.400. The molecule has 0 unspecified atom stereocenters. The number of ether oxygens (including phenoxy) is 2. The van der Waals surface area contributed by atoms with E-state index in [0.717, 1.165) is 42.2 Å². The van der Waals surface area contributed by atoms with Crippen LogP contribution in [0, 0.1) is 0 Å². The van der Waals surface area contributed by atoms with Crippen LogP contribution in [0.15, 0.2) is 15.3 Å². The highest BCUT2D eigenvalue weighted by Crippen LogP contribution is 2.44. The molecular weight excluding hydrogens is 260 g/mol. The van der Waals surface area contributed by atoms with Crippen molar-refractivity contribution >= 4 is 11.0 Å². The highest BCUT2D eigenvalue weighted by Gasteiger charge is 2.24. The highest BCUT2D eigenvalue weighted by atomic mass is 16.5. The number of aromatic hydroxyl groups is 1. The van der Waals surface area contributed by atoms with Gasteiger partial charge in [-0.3, -0.25) is 0 Å². The molecule has 106 valence electrons. The molecule has 0 saturated heterocycles. The summed E-state index contributed by atoms with van der Waals surface area (Å²) in [5, 5.41) is 10.8. The Morgan fingerprint density at radius 1 is 1.10 bits per heavy atom. The summed E-state index contributed by atoms with van der Waals surface area (Å²) < 4.78 is 15.8. The normalized spacial score (nSPS) is 14.1. The van der Waals surface area contributed by atoms with Gasteiger partial charge in [0.1, 0.15) is 0 Å². The van der Waals surface area contributed by atoms with Crippen molar-refractivity contribution in [2.75, 3.05) is 14.2 Å².